The van der Waals surface area contributed by atoms with E-state index in [9.17, 15) is 14.7 Å². The summed E-state index contributed by atoms with van der Waals surface area (Å²) in [5, 5.41) is 22.5. The molecule has 2 atom stereocenters. The van der Waals surface area contributed by atoms with Crippen LogP contribution < -0.4 is 35.0 Å². The van der Waals surface area contributed by atoms with Gasteiger partial charge in [0.15, 0.2) is 29.2 Å². The third-order valence-electron chi connectivity index (χ3n) is 8.18. The number of carbonyl (C=O) groups excluding carboxylic acids is 2. The summed E-state index contributed by atoms with van der Waals surface area (Å²) >= 11 is 0. The molecule has 0 spiro atoms. The van der Waals surface area contributed by atoms with E-state index in [-0.39, 0.29) is 12.2 Å². The lowest BCUT2D eigenvalue weighted by molar-refractivity contribution is -0.136. The van der Waals surface area contributed by atoms with Crippen molar-refractivity contribution < 1.29 is 38.4 Å². The minimum atomic E-state index is -1.17. The summed E-state index contributed by atoms with van der Waals surface area (Å²) in [7, 11) is 1.28. The van der Waals surface area contributed by atoms with Crippen LogP contribution in [0.25, 0.3) is 10.8 Å². The number of hydrogen-bond acceptors (Lipinski definition) is 10. The number of carbonyl (C=O) groups is 2. The summed E-state index contributed by atoms with van der Waals surface area (Å²) in [6.07, 6.45) is 2.75. The van der Waals surface area contributed by atoms with Gasteiger partial charge in [-0.25, -0.2) is 9.59 Å². The number of allylic oxidation sites excluding steroid dienone is 2. The maximum atomic E-state index is 12.5. The van der Waals surface area contributed by atoms with E-state index in [2.05, 4.69) is 52.0 Å². The number of hydrogen-bond donors (Lipinski definition) is 4. The maximum Gasteiger partial charge on any atom is 0.337 e. The molecular formula is C40H44N4O8. The molecule has 1 aliphatic rings. The molecule has 1 heterocycles. The highest BCUT2D eigenvalue weighted by atomic mass is 16.5. The van der Waals surface area contributed by atoms with Gasteiger partial charge in [-0.3, -0.25) is 5.43 Å². The Morgan fingerprint density at radius 1 is 0.962 bits per heavy atom. The molecule has 12 nitrogen and oxygen atoms in total. The van der Waals surface area contributed by atoms with Gasteiger partial charge in [-0.15, -0.1) is 6.58 Å². The molecule has 0 aliphatic carbocycles. The summed E-state index contributed by atoms with van der Waals surface area (Å²) in [5.74, 6) is 1.36. The predicted octanol–water partition coefficient (Wildman–Crippen LogP) is 6.07. The Hall–Kier alpha value is -6.01. The second-order valence-corrected chi connectivity index (χ2v) is 11.8. The Labute approximate surface area is 303 Å². The van der Waals surface area contributed by atoms with Gasteiger partial charge in [-0.2, -0.15) is 5.10 Å². The van der Waals surface area contributed by atoms with Crippen molar-refractivity contribution in [3.8, 4) is 23.0 Å². The second-order valence-electron chi connectivity index (χ2n) is 11.8. The Kier molecular flexibility index (Phi) is 12.7. The van der Waals surface area contributed by atoms with Crippen LogP contribution in [0.1, 0.15) is 49.1 Å². The number of methoxy groups -OCH3 is 1. The molecule has 0 aromatic heterocycles. The van der Waals surface area contributed by atoms with Gasteiger partial charge in [0.2, 0.25) is 0 Å². The predicted molar refractivity (Wildman–Crippen MR) is 199 cm³/mol. The van der Waals surface area contributed by atoms with Gasteiger partial charge >= 0.3 is 12.0 Å². The van der Waals surface area contributed by atoms with Gasteiger partial charge in [0.1, 0.15) is 13.2 Å². The molecule has 5 rings (SSSR count). The van der Waals surface area contributed by atoms with Gasteiger partial charge in [0.05, 0.1) is 38.2 Å². The SMILES string of the molecule is C=CCc1cc(/C=N\N[C@@H](O)COc2ccc([C@@H]3NC(=O)NC(C)=C3C(=O)OC)cc2OCC)cc(OCC)c1OCc1cccc2ccccc12. The first-order chi connectivity index (χ1) is 25.3. The van der Waals surface area contributed by atoms with E-state index in [0.717, 1.165) is 27.5 Å². The summed E-state index contributed by atoms with van der Waals surface area (Å²) in [4.78, 5) is 24.8. The number of ether oxygens (including phenoxy) is 5. The fraction of sp³-hybridized carbons (Fsp3) is 0.275. The monoisotopic (exact) mass is 708 g/mol. The van der Waals surface area contributed by atoms with Crippen molar-refractivity contribution in [2.24, 2.45) is 5.10 Å². The lowest BCUT2D eigenvalue weighted by atomic mass is 9.95. The van der Waals surface area contributed by atoms with E-state index in [1.165, 1.54) is 7.11 Å². The maximum absolute atomic E-state index is 12.5. The number of rotatable bonds is 17. The average Bonchev–Trinajstić information content (AvgIpc) is 3.13. The van der Waals surface area contributed by atoms with Crippen LogP contribution in [0.2, 0.25) is 0 Å². The van der Waals surface area contributed by atoms with Crippen LogP contribution in [0.3, 0.4) is 0 Å². The molecule has 1 aliphatic heterocycles. The molecule has 0 bridgehead atoms. The van der Waals surface area contributed by atoms with Gasteiger partial charge in [0, 0.05) is 11.3 Å². The number of esters is 1. The third kappa shape index (κ3) is 9.01. The van der Waals surface area contributed by atoms with Gasteiger partial charge < -0.3 is 39.4 Å². The highest BCUT2D eigenvalue weighted by Gasteiger charge is 2.32. The molecule has 0 radical (unpaired) electrons. The van der Waals surface area contributed by atoms with Crippen LogP contribution in [-0.2, 0) is 22.6 Å². The molecule has 272 valence electrons. The van der Waals surface area contributed by atoms with Crippen LogP contribution in [0.15, 0.2) is 102 Å². The van der Waals surface area contributed by atoms with Crippen molar-refractivity contribution in [1.29, 1.82) is 0 Å². The zero-order valence-corrected chi connectivity index (χ0v) is 29.7. The third-order valence-corrected chi connectivity index (χ3v) is 8.18. The molecule has 0 unspecified atom stereocenters. The van der Waals surface area contributed by atoms with Crippen LogP contribution >= 0.6 is 0 Å². The molecular weight excluding hydrogens is 664 g/mol. The molecule has 52 heavy (non-hydrogen) atoms. The number of aliphatic hydroxyl groups is 1. The second kappa shape index (κ2) is 17.8. The first kappa shape index (κ1) is 37.3. The van der Waals surface area contributed by atoms with Crippen LogP contribution in [-0.4, -0.2) is 56.5 Å². The van der Waals surface area contributed by atoms with E-state index in [1.54, 1.807) is 37.4 Å². The number of urea groups is 1. The van der Waals surface area contributed by atoms with Crippen LogP contribution in [0.4, 0.5) is 4.79 Å². The summed E-state index contributed by atoms with van der Waals surface area (Å²) in [5.41, 5.74) is 6.60. The van der Waals surface area contributed by atoms with E-state index in [4.69, 9.17) is 23.7 Å². The van der Waals surface area contributed by atoms with Crippen molar-refractivity contribution >= 4 is 29.0 Å². The summed E-state index contributed by atoms with van der Waals surface area (Å²) in [6, 6.07) is 21.9. The lowest BCUT2D eigenvalue weighted by Gasteiger charge is -2.28. The number of nitrogens with zero attached hydrogens (tertiary/aromatic N) is 1. The normalized spacial score (nSPS) is 14.7. The summed E-state index contributed by atoms with van der Waals surface area (Å²) < 4.78 is 29.0. The number of nitrogens with one attached hydrogen (secondary N) is 3. The van der Waals surface area contributed by atoms with Gasteiger partial charge in [-0.05, 0) is 78.9 Å². The molecule has 0 fully saturated rings. The van der Waals surface area contributed by atoms with Gasteiger partial charge in [-0.1, -0.05) is 54.6 Å². The molecule has 2 amide bonds. The molecule has 4 aromatic rings. The Morgan fingerprint density at radius 3 is 2.50 bits per heavy atom. The number of benzene rings is 4. The molecule has 12 heteroatoms. The smallest absolute Gasteiger partial charge is 0.337 e. The summed E-state index contributed by atoms with van der Waals surface area (Å²) in [6.45, 7) is 10.2. The van der Waals surface area contributed by atoms with Crippen molar-refractivity contribution in [2.45, 2.75) is 46.1 Å². The Balaban J connectivity index is 1.26. The van der Waals surface area contributed by atoms with Gasteiger partial charge in [0.25, 0.3) is 0 Å². The van der Waals surface area contributed by atoms with E-state index < -0.39 is 24.3 Å². The highest BCUT2D eigenvalue weighted by Crippen LogP contribution is 2.36. The molecule has 4 aromatic carbocycles. The van der Waals surface area contributed by atoms with Crippen molar-refractivity contribution in [3.05, 3.63) is 119 Å². The van der Waals surface area contributed by atoms with Crippen LogP contribution in [0, 0.1) is 0 Å². The zero-order chi connectivity index (χ0) is 37.0. The lowest BCUT2D eigenvalue weighted by Crippen LogP contribution is -2.45. The van der Waals surface area contributed by atoms with Crippen LogP contribution in [0.5, 0.6) is 23.0 Å². The minimum absolute atomic E-state index is 0.167. The number of amides is 2. The number of hydrazone groups is 1. The van der Waals surface area contributed by atoms with Crippen molar-refractivity contribution in [2.75, 3.05) is 26.9 Å². The Bertz CT molecular complexity index is 1970. The van der Waals surface area contributed by atoms with E-state index in [1.807, 2.05) is 44.2 Å². The Morgan fingerprint density at radius 2 is 1.73 bits per heavy atom. The quantitative estimate of drug-likeness (QED) is 0.0337. The van der Waals surface area contributed by atoms with Crippen molar-refractivity contribution in [1.82, 2.24) is 16.1 Å². The standard InChI is InChI=1S/C40H44N4O8/c1-6-12-29-19-26(20-34(50-8-3)38(29)52-23-30-15-11-14-27-13-9-10-16-31(27)30)22-41-44-35(45)24-51-32-18-17-28(21-33(32)49-7-2)37-36(39(46)48-5)25(4)42-40(47)43-37/h6,9-11,13-22,35,37,44-45H,1,7-8,12,23-24H2,2-5H3,(H2,42,43,47)/b41-22-/t35-,37-/m0/s1. The van der Waals surface area contributed by atoms with Crippen molar-refractivity contribution in [3.63, 3.8) is 0 Å². The fourth-order valence-corrected chi connectivity index (χ4v) is 5.88. The topological polar surface area (TPSA) is 149 Å². The molecule has 4 N–H and O–H groups in total. The van der Waals surface area contributed by atoms with E-state index >= 15 is 0 Å². The first-order valence-electron chi connectivity index (χ1n) is 17.0. The zero-order valence-electron chi connectivity index (χ0n) is 29.7. The highest BCUT2D eigenvalue weighted by molar-refractivity contribution is 5.95. The minimum Gasteiger partial charge on any atom is -0.490 e. The average molecular weight is 709 g/mol. The largest absolute Gasteiger partial charge is 0.490 e. The molecule has 0 saturated heterocycles. The van der Waals surface area contributed by atoms with E-state index in [0.29, 0.717) is 60.5 Å². The fourth-order valence-electron chi connectivity index (χ4n) is 5.88. The first-order valence-corrected chi connectivity index (χ1v) is 17.0. The molecule has 0 saturated carbocycles. The number of fused-ring (bicyclic) bond motifs is 1. The number of aliphatic hydroxyl groups excluding tert-OH is 1.